The molecule has 1 unspecified atom stereocenters. The standard InChI is InChI=1S/C26H25N3O6/c1-34-13-12-23(25(31)32)29-24(30)22-11-10-16(14-27-22)28-26(33)35-15-21-19-8-4-2-6-17(19)18-7-3-5-9-20(18)21/h2-11,14,21,23H,12-13,15H2,1H3,(H,28,33)(H,29,30)(H,31,32). The summed E-state index contributed by atoms with van der Waals surface area (Å²) in [7, 11) is 1.45. The van der Waals surface area contributed by atoms with Crippen molar-refractivity contribution < 1.29 is 29.0 Å². The molecule has 2 aromatic carbocycles. The first-order valence-electron chi connectivity index (χ1n) is 11.1. The number of carbonyl (C=O) groups is 3. The Morgan fingerprint density at radius 2 is 1.66 bits per heavy atom. The lowest BCUT2D eigenvalue weighted by atomic mass is 9.98. The van der Waals surface area contributed by atoms with Gasteiger partial charge in [-0.2, -0.15) is 0 Å². The van der Waals surface area contributed by atoms with Gasteiger partial charge in [0.15, 0.2) is 0 Å². The smallest absolute Gasteiger partial charge is 0.411 e. The second-order valence-corrected chi connectivity index (χ2v) is 8.03. The number of carboxylic acids is 1. The van der Waals surface area contributed by atoms with Crippen LogP contribution in [0, 0.1) is 0 Å². The lowest BCUT2D eigenvalue weighted by molar-refractivity contribution is -0.139. The molecule has 0 spiro atoms. The van der Waals surface area contributed by atoms with E-state index in [9.17, 15) is 19.5 Å². The third-order valence-corrected chi connectivity index (χ3v) is 5.80. The van der Waals surface area contributed by atoms with Gasteiger partial charge in [0.25, 0.3) is 5.91 Å². The van der Waals surface area contributed by atoms with E-state index < -0.39 is 24.0 Å². The Morgan fingerprint density at radius 1 is 1.00 bits per heavy atom. The number of benzene rings is 2. The number of carbonyl (C=O) groups excluding carboxylic acids is 2. The molecule has 35 heavy (non-hydrogen) atoms. The monoisotopic (exact) mass is 475 g/mol. The summed E-state index contributed by atoms with van der Waals surface area (Å²) in [6.07, 6.45) is 0.789. The number of methoxy groups -OCH3 is 1. The molecule has 9 heteroatoms. The molecule has 1 aliphatic carbocycles. The summed E-state index contributed by atoms with van der Waals surface area (Å²) in [6.45, 7) is 0.361. The molecule has 3 N–H and O–H groups in total. The maximum absolute atomic E-state index is 12.4. The molecule has 0 bridgehead atoms. The van der Waals surface area contributed by atoms with Crippen LogP contribution in [0.5, 0.6) is 0 Å². The highest BCUT2D eigenvalue weighted by atomic mass is 16.5. The van der Waals surface area contributed by atoms with Crippen molar-refractivity contribution in [3.8, 4) is 11.1 Å². The zero-order valence-electron chi connectivity index (χ0n) is 19.1. The molecule has 0 radical (unpaired) electrons. The number of ether oxygens (including phenoxy) is 2. The van der Waals surface area contributed by atoms with Crippen molar-refractivity contribution >= 4 is 23.7 Å². The number of nitrogens with one attached hydrogen (secondary N) is 2. The van der Waals surface area contributed by atoms with Crippen molar-refractivity contribution in [3.63, 3.8) is 0 Å². The van der Waals surface area contributed by atoms with Gasteiger partial charge in [-0.15, -0.1) is 0 Å². The van der Waals surface area contributed by atoms with E-state index in [1.807, 2.05) is 36.4 Å². The van der Waals surface area contributed by atoms with Gasteiger partial charge in [-0.3, -0.25) is 10.1 Å². The van der Waals surface area contributed by atoms with Gasteiger partial charge >= 0.3 is 12.1 Å². The van der Waals surface area contributed by atoms with Crippen molar-refractivity contribution in [1.82, 2.24) is 10.3 Å². The number of rotatable bonds is 9. The number of amides is 2. The fourth-order valence-corrected chi connectivity index (χ4v) is 4.08. The fraction of sp³-hybridized carbons (Fsp3) is 0.231. The maximum atomic E-state index is 12.4. The van der Waals surface area contributed by atoms with Gasteiger partial charge in [0.05, 0.1) is 11.9 Å². The van der Waals surface area contributed by atoms with Gasteiger partial charge in [-0.05, 0) is 34.4 Å². The minimum atomic E-state index is -1.16. The lowest BCUT2D eigenvalue weighted by Crippen LogP contribution is -2.41. The molecule has 180 valence electrons. The summed E-state index contributed by atoms with van der Waals surface area (Å²) in [5.74, 6) is -1.86. The van der Waals surface area contributed by atoms with Crippen LogP contribution in [0.4, 0.5) is 10.5 Å². The molecule has 1 aromatic heterocycles. The summed E-state index contributed by atoms with van der Waals surface area (Å²) in [5.41, 5.74) is 4.87. The highest BCUT2D eigenvalue weighted by molar-refractivity contribution is 5.95. The highest BCUT2D eigenvalue weighted by Crippen LogP contribution is 2.44. The number of fused-ring (bicyclic) bond motifs is 3. The van der Waals surface area contributed by atoms with Gasteiger partial charge in [-0.1, -0.05) is 48.5 Å². The van der Waals surface area contributed by atoms with E-state index in [1.165, 1.54) is 25.4 Å². The number of nitrogens with zero attached hydrogens (tertiary/aromatic N) is 1. The van der Waals surface area contributed by atoms with Crippen LogP contribution >= 0.6 is 0 Å². The SMILES string of the molecule is COCCC(NC(=O)c1ccc(NC(=O)OCC2c3ccccc3-c3ccccc32)cn1)C(=O)O. The fourth-order valence-electron chi connectivity index (χ4n) is 4.08. The van der Waals surface area contributed by atoms with E-state index in [1.54, 1.807) is 0 Å². The molecular formula is C26H25N3O6. The summed E-state index contributed by atoms with van der Waals surface area (Å²) < 4.78 is 10.4. The van der Waals surface area contributed by atoms with Crippen molar-refractivity contribution in [2.45, 2.75) is 18.4 Å². The first-order valence-corrected chi connectivity index (χ1v) is 11.1. The van der Waals surface area contributed by atoms with Crippen LogP contribution in [-0.2, 0) is 14.3 Å². The van der Waals surface area contributed by atoms with E-state index in [0.717, 1.165) is 22.3 Å². The molecule has 1 atom stereocenters. The number of carboxylic acid groups (broad SMARTS) is 1. The minimum Gasteiger partial charge on any atom is -0.480 e. The number of aliphatic carboxylic acids is 1. The maximum Gasteiger partial charge on any atom is 0.411 e. The molecule has 0 aliphatic heterocycles. The Hall–Kier alpha value is -4.24. The van der Waals surface area contributed by atoms with Gasteiger partial charge in [0, 0.05) is 26.1 Å². The minimum absolute atomic E-state index is 0.0201. The normalized spacial score (nSPS) is 12.8. The number of anilines is 1. The van der Waals surface area contributed by atoms with Crippen molar-refractivity contribution in [2.75, 3.05) is 25.6 Å². The average Bonchev–Trinajstić information content (AvgIpc) is 3.19. The molecule has 4 rings (SSSR count). The molecule has 1 heterocycles. The molecule has 9 nitrogen and oxygen atoms in total. The van der Waals surface area contributed by atoms with Crippen LogP contribution in [0.25, 0.3) is 11.1 Å². The molecule has 0 saturated heterocycles. The number of hydrogen-bond acceptors (Lipinski definition) is 6. The summed E-state index contributed by atoms with van der Waals surface area (Å²) >= 11 is 0. The van der Waals surface area contributed by atoms with E-state index in [-0.39, 0.29) is 31.2 Å². The van der Waals surface area contributed by atoms with Crippen molar-refractivity contribution in [3.05, 3.63) is 83.7 Å². The van der Waals surface area contributed by atoms with Crippen LogP contribution in [0.3, 0.4) is 0 Å². The molecular weight excluding hydrogens is 450 g/mol. The third kappa shape index (κ3) is 5.47. The predicted molar refractivity (Wildman–Crippen MR) is 128 cm³/mol. The van der Waals surface area contributed by atoms with E-state index >= 15 is 0 Å². The summed E-state index contributed by atoms with van der Waals surface area (Å²) in [5, 5.41) is 14.2. The lowest BCUT2D eigenvalue weighted by Gasteiger charge is -2.15. The Balaban J connectivity index is 1.34. The predicted octanol–water partition coefficient (Wildman–Crippen LogP) is 3.66. The van der Waals surface area contributed by atoms with E-state index in [4.69, 9.17) is 9.47 Å². The van der Waals surface area contributed by atoms with E-state index in [0.29, 0.717) is 5.69 Å². The van der Waals surface area contributed by atoms with Gasteiger partial charge in [-0.25, -0.2) is 14.6 Å². The van der Waals surface area contributed by atoms with Crippen LogP contribution in [0.2, 0.25) is 0 Å². The molecule has 0 fully saturated rings. The van der Waals surface area contributed by atoms with Crippen LogP contribution in [0.1, 0.15) is 34.0 Å². The molecule has 0 saturated carbocycles. The van der Waals surface area contributed by atoms with Gasteiger partial charge in [0.2, 0.25) is 0 Å². The van der Waals surface area contributed by atoms with E-state index in [2.05, 4.69) is 27.8 Å². The number of aromatic nitrogens is 1. The van der Waals surface area contributed by atoms with Crippen molar-refractivity contribution in [2.24, 2.45) is 0 Å². The second kappa shape index (κ2) is 10.8. The largest absolute Gasteiger partial charge is 0.480 e. The Morgan fingerprint density at radius 3 is 2.23 bits per heavy atom. The van der Waals surface area contributed by atoms with Gasteiger partial charge < -0.3 is 19.9 Å². The Labute approximate surface area is 202 Å². The Bertz CT molecular complexity index is 1180. The van der Waals surface area contributed by atoms with Crippen molar-refractivity contribution in [1.29, 1.82) is 0 Å². The Kier molecular flexibility index (Phi) is 7.37. The average molecular weight is 476 g/mol. The van der Waals surface area contributed by atoms with Crippen LogP contribution in [-0.4, -0.2) is 54.4 Å². The first kappa shape index (κ1) is 23.9. The first-order chi connectivity index (χ1) is 17.0. The third-order valence-electron chi connectivity index (χ3n) is 5.80. The quantitative estimate of drug-likeness (QED) is 0.431. The molecule has 2 amide bonds. The van der Waals surface area contributed by atoms with Crippen LogP contribution in [0.15, 0.2) is 66.9 Å². The molecule has 3 aromatic rings. The topological polar surface area (TPSA) is 127 Å². The van der Waals surface area contributed by atoms with Gasteiger partial charge in [0.1, 0.15) is 18.3 Å². The van der Waals surface area contributed by atoms with Crippen LogP contribution < -0.4 is 10.6 Å². The zero-order valence-corrected chi connectivity index (χ0v) is 19.1. The molecule has 1 aliphatic rings. The second-order valence-electron chi connectivity index (χ2n) is 8.03. The zero-order chi connectivity index (χ0) is 24.8. The highest BCUT2D eigenvalue weighted by Gasteiger charge is 2.29. The number of hydrogen-bond donors (Lipinski definition) is 3. The summed E-state index contributed by atoms with van der Waals surface area (Å²) in [6, 6.07) is 17.9. The summed E-state index contributed by atoms with van der Waals surface area (Å²) in [4.78, 5) is 40.0. The number of pyridine rings is 1.